The number of hydrogen-bond acceptors (Lipinski definition) is 6. The van der Waals surface area contributed by atoms with Gasteiger partial charge in [-0.2, -0.15) is 26.0 Å². The normalized spacial score (nSPS) is 13.0. The minimum Gasteiger partial charge on any atom is -0.370 e. The second kappa shape index (κ2) is 6.27. The summed E-state index contributed by atoms with van der Waals surface area (Å²) in [5, 5.41) is -1.14. The zero-order valence-corrected chi connectivity index (χ0v) is 15.5. The zero-order chi connectivity index (χ0) is 21.2. The number of halogens is 5. The number of benzene rings is 1. The fourth-order valence-corrected chi connectivity index (χ4v) is 4.08. The van der Waals surface area contributed by atoms with Gasteiger partial charge >= 0.3 is 15.6 Å². The molecule has 152 valence electrons. The van der Waals surface area contributed by atoms with Crippen LogP contribution in [0.1, 0.15) is 19.9 Å². The highest BCUT2D eigenvalue weighted by Gasteiger charge is 2.49. The molecule has 0 atom stereocenters. The molecule has 0 aliphatic heterocycles. The van der Waals surface area contributed by atoms with E-state index in [9.17, 15) is 40.0 Å². The zero-order valence-electron chi connectivity index (χ0n) is 13.8. The highest BCUT2D eigenvalue weighted by atomic mass is 32.2. The van der Waals surface area contributed by atoms with Crippen molar-refractivity contribution in [2.75, 3.05) is 0 Å². The number of aromatic amines is 1. The van der Waals surface area contributed by atoms with Crippen molar-refractivity contribution in [3.8, 4) is 5.75 Å². The van der Waals surface area contributed by atoms with Crippen LogP contribution in [-0.4, -0.2) is 22.9 Å². The summed E-state index contributed by atoms with van der Waals surface area (Å²) in [4.78, 5) is 24.4. The van der Waals surface area contributed by atoms with Crippen LogP contribution in [-0.2, 0) is 10.1 Å². The highest BCUT2D eigenvalue weighted by Crippen LogP contribution is 2.37. The van der Waals surface area contributed by atoms with Crippen LogP contribution >= 0.6 is 11.5 Å². The van der Waals surface area contributed by atoms with Crippen LogP contribution in [0.25, 0.3) is 21.1 Å². The summed E-state index contributed by atoms with van der Waals surface area (Å²) in [7, 11) is -6.37. The molecular weight excluding hydrogens is 435 g/mol. The molecule has 3 rings (SSSR count). The largest absolute Gasteiger partial charge is 0.534 e. The van der Waals surface area contributed by atoms with E-state index in [4.69, 9.17) is 0 Å². The number of fused-ring (bicyclic) bond motifs is 2. The van der Waals surface area contributed by atoms with Gasteiger partial charge < -0.3 is 8.75 Å². The molecule has 0 spiro atoms. The molecule has 0 unspecified atom stereocenters. The Balaban J connectivity index is 2.60. The molecule has 28 heavy (non-hydrogen) atoms. The maximum absolute atomic E-state index is 14.3. The lowest BCUT2D eigenvalue weighted by molar-refractivity contribution is -0.0500. The lowest BCUT2D eigenvalue weighted by atomic mass is 10.1. The number of H-pyrrole nitrogens is 1. The van der Waals surface area contributed by atoms with Crippen LogP contribution in [0.15, 0.2) is 15.7 Å². The van der Waals surface area contributed by atoms with Crippen molar-refractivity contribution in [2.24, 2.45) is 0 Å². The van der Waals surface area contributed by atoms with Gasteiger partial charge in [0.2, 0.25) is 17.0 Å². The van der Waals surface area contributed by atoms with Gasteiger partial charge in [0.1, 0.15) is 15.7 Å². The van der Waals surface area contributed by atoms with E-state index in [1.165, 1.54) is 13.8 Å². The van der Waals surface area contributed by atoms with Crippen molar-refractivity contribution in [2.45, 2.75) is 25.4 Å². The van der Waals surface area contributed by atoms with Crippen LogP contribution in [0.3, 0.4) is 0 Å². The molecule has 0 aliphatic rings. The second-order valence-electron chi connectivity index (χ2n) is 5.89. The predicted molar refractivity (Wildman–Crippen MR) is 90.1 cm³/mol. The standard InChI is InChI=1S/C14H9F5N2O5S2/c1-4(2)21-9-5(10(22)7-12(23)20-27-13(7)21)3-6(15)8(16)11(9)26-28(24,25)14(17,18)19/h3-4H,1-2H3,(H,20,23). The first-order chi connectivity index (χ1) is 12.8. The van der Waals surface area contributed by atoms with Crippen molar-refractivity contribution in [3.05, 3.63) is 38.3 Å². The maximum Gasteiger partial charge on any atom is 0.534 e. The first-order valence-corrected chi connectivity index (χ1v) is 9.58. The molecule has 1 N–H and O–H groups in total. The molecule has 1 aromatic carbocycles. The molecular formula is C14H9F5N2O5S2. The number of nitrogens with zero attached hydrogens (tertiary/aromatic N) is 1. The number of nitrogens with one attached hydrogen (secondary N) is 1. The number of hydrogen-bond donors (Lipinski definition) is 1. The summed E-state index contributed by atoms with van der Waals surface area (Å²) in [6, 6.07) is -0.340. The van der Waals surface area contributed by atoms with E-state index in [1.807, 2.05) is 0 Å². The van der Waals surface area contributed by atoms with Crippen LogP contribution in [0.4, 0.5) is 22.0 Å². The van der Waals surface area contributed by atoms with Crippen molar-refractivity contribution in [1.29, 1.82) is 0 Å². The van der Waals surface area contributed by atoms with Crippen molar-refractivity contribution in [3.63, 3.8) is 0 Å². The van der Waals surface area contributed by atoms with Gasteiger partial charge in [-0.1, -0.05) is 0 Å². The molecule has 2 aromatic heterocycles. The van der Waals surface area contributed by atoms with Crippen molar-refractivity contribution < 1.29 is 34.6 Å². The molecule has 14 heteroatoms. The van der Waals surface area contributed by atoms with Gasteiger partial charge in [0.05, 0.1) is 5.39 Å². The molecule has 2 heterocycles. The summed E-state index contributed by atoms with van der Waals surface area (Å²) in [5.74, 6) is -5.48. The van der Waals surface area contributed by atoms with Gasteiger partial charge in [0.15, 0.2) is 5.82 Å². The summed E-state index contributed by atoms with van der Waals surface area (Å²) in [6.45, 7) is 2.94. The van der Waals surface area contributed by atoms with Crippen LogP contribution in [0.5, 0.6) is 5.75 Å². The third kappa shape index (κ3) is 2.87. The van der Waals surface area contributed by atoms with Crippen molar-refractivity contribution >= 4 is 42.8 Å². The molecule has 0 radical (unpaired) electrons. The minimum atomic E-state index is -6.37. The first-order valence-electron chi connectivity index (χ1n) is 7.36. The molecule has 0 saturated carbocycles. The Hall–Kier alpha value is -2.48. The van der Waals surface area contributed by atoms with Crippen molar-refractivity contribution in [1.82, 2.24) is 8.94 Å². The predicted octanol–water partition coefficient (Wildman–Crippen LogP) is 2.99. The monoisotopic (exact) mass is 444 g/mol. The van der Waals surface area contributed by atoms with E-state index >= 15 is 0 Å². The van der Waals surface area contributed by atoms with E-state index in [1.54, 1.807) is 0 Å². The maximum atomic E-state index is 14.3. The Morgan fingerprint density at radius 3 is 2.36 bits per heavy atom. The quantitative estimate of drug-likeness (QED) is 0.381. The Morgan fingerprint density at radius 1 is 1.21 bits per heavy atom. The van der Waals surface area contributed by atoms with Crippen LogP contribution < -0.4 is 15.2 Å². The lowest BCUT2D eigenvalue weighted by Gasteiger charge is -2.19. The lowest BCUT2D eigenvalue weighted by Crippen LogP contribution is -2.29. The SMILES string of the molecule is CC(C)n1c2s[nH]c(=O)c2c(=O)c2cc(F)c(F)c(OS(=O)(=O)C(F)(F)F)c21. The molecule has 3 aromatic rings. The Morgan fingerprint density at radius 2 is 1.82 bits per heavy atom. The number of alkyl halides is 3. The van der Waals surface area contributed by atoms with Crippen LogP contribution in [0, 0.1) is 11.6 Å². The molecule has 0 bridgehead atoms. The van der Waals surface area contributed by atoms with E-state index in [0.29, 0.717) is 17.6 Å². The topological polar surface area (TPSA) is 98.2 Å². The number of aromatic nitrogens is 2. The van der Waals surface area contributed by atoms with Gasteiger partial charge in [-0.05, 0) is 31.4 Å². The summed E-state index contributed by atoms with van der Waals surface area (Å²) < 4.78 is 96.3. The molecule has 0 amide bonds. The van der Waals surface area contributed by atoms with Gasteiger partial charge in [0.25, 0.3) is 5.56 Å². The Labute approximate surface area is 156 Å². The highest BCUT2D eigenvalue weighted by molar-refractivity contribution is 7.88. The smallest absolute Gasteiger partial charge is 0.370 e. The molecule has 0 fully saturated rings. The second-order valence-corrected chi connectivity index (χ2v) is 8.22. The van der Waals surface area contributed by atoms with Gasteiger partial charge in [-0.3, -0.25) is 14.0 Å². The summed E-state index contributed by atoms with van der Waals surface area (Å²) in [6.07, 6.45) is 0. The van der Waals surface area contributed by atoms with Gasteiger partial charge in [-0.15, -0.1) is 0 Å². The Kier molecular flexibility index (Phi) is 4.54. The Bertz CT molecular complexity index is 1330. The first kappa shape index (κ1) is 20.3. The third-order valence-electron chi connectivity index (χ3n) is 3.76. The van der Waals surface area contributed by atoms with E-state index in [0.717, 1.165) is 4.57 Å². The molecule has 7 nitrogen and oxygen atoms in total. The van der Waals surface area contributed by atoms with Gasteiger partial charge in [0, 0.05) is 6.04 Å². The average Bonchev–Trinajstić information content (AvgIpc) is 2.93. The summed E-state index contributed by atoms with van der Waals surface area (Å²) >= 11 is 0.622. The third-order valence-corrected chi connectivity index (χ3v) is 5.59. The molecule has 0 saturated heterocycles. The van der Waals surface area contributed by atoms with E-state index in [-0.39, 0.29) is 4.83 Å². The van der Waals surface area contributed by atoms with Crippen LogP contribution in [0.2, 0.25) is 0 Å². The van der Waals surface area contributed by atoms with E-state index < -0.39 is 66.3 Å². The van der Waals surface area contributed by atoms with Gasteiger partial charge in [-0.25, -0.2) is 4.39 Å². The van der Waals surface area contributed by atoms with E-state index in [2.05, 4.69) is 8.56 Å². The number of rotatable bonds is 3. The minimum absolute atomic E-state index is 0.0993. The summed E-state index contributed by atoms with van der Waals surface area (Å²) in [5.41, 5.74) is -8.60. The number of pyridine rings is 1. The fraction of sp³-hybridized carbons (Fsp3) is 0.286. The molecule has 0 aliphatic carbocycles. The fourth-order valence-electron chi connectivity index (χ4n) is 2.63. The average molecular weight is 444 g/mol.